The van der Waals surface area contributed by atoms with Gasteiger partial charge in [-0.2, -0.15) is 13.2 Å². The minimum atomic E-state index is -4.23. The van der Waals surface area contributed by atoms with Crippen molar-refractivity contribution in [3.63, 3.8) is 0 Å². The van der Waals surface area contributed by atoms with Crippen LogP contribution in [0.1, 0.15) is 32.6 Å². The molecule has 108 valence electrons. The number of nitrogens with zero attached hydrogens (tertiary/aromatic N) is 1. The van der Waals surface area contributed by atoms with Gasteiger partial charge in [-0.15, -0.1) is 0 Å². The maximum absolute atomic E-state index is 11.8. The van der Waals surface area contributed by atoms with Crippen LogP contribution in [0.4, 0.5) is 13.2 Å². The van der Waals surface area contributed by atoms with Crippen molar-refractivity contribution < 1.29 is 23.0 Å². The smallest absolute Gasteiger partial charge is 0.390 e. The Morgan fingerprint density at radius 2 is 2.00 bits per heavy atom. The van der Waals surface area contributed by atoms with Gasteiger partial charge in [0.25, 0.3) is 0 Å². The summed E-state index contributed by atoms with van der Waals surface area (Å²) in [5.41, 5.74) is -0.596. The van der Waals surface area contributed by atoms with Crippen molar-refractivity contribution in [2.75, 3.05) is 32.8 Å². The molecule has 0 bridgehead atoms. The lowest BCUT2D eigenvalue weighted by Crippen LogP contribution is -2.29. The first-order chi connectivity index (χ1) is 8.29. The zero-order valence-corrected chi connectivity index (χ0v) is 10.8. The molecule has 1 N–H and O–H groups in total. The molecule has 0 saturated carbocycles. The summed E-state index contributed by atoms with van der Waals surface area (Å²) in [6.07, 6.45) is -1.21. The van der Waals surface area contributed by atoms with Gasteiger partial charge in [-0.1, -0.05) is 0 Å². The van der Waals surface area contributed by atoms with Gasteiger partial charge in [0.15, 0.2) is 0 Å². The number of ether oxygens (including phenoxy) is 1. The van der Waals surface area contributed by atoms with Gasteiger partial charge in [0.2, 0.25) is 0 Å². The summed E-state index contributed by atoms with van der Waals surface area (Å²) in [5.74, 6) is 0. The quantitative estimate of drug-likeness (QED) is 0.777. The van der Waals surface area contributed by atoms with E-state index in [-0.39, 0.29) is 6.61 Å². The van der Waals surface area contributed by atoms with Crippen LogP contribution in [0.3, 0.4) is 0 Å². The van der Waals surface area contributed by atoms with Crippen molar-refractivity contribution in [2.24, 2.45) is 0 Å². The largest absolute Gasteiger partial charge is 0.411 e. The SMILES string of the molecule is CC1(O)CCCN(CCCOCC(F)(F)F)CC1. The summed E-state index contributed by atoms with van der Waals surface area (Å²) in [7, 11) is 0. The molecule has 6 heteroatoms. The summed E-state index contributed by atoms with van der Waals surface area (Å²) >= 11 is 0. The van der Waals surface area contributed by atoms with E-state index in [4.69, 9.17) is 0 Å². The van der Waals surface area contributed by atoms with E-state index in [1.54, 1.807) is 0 Å². The van der Waals surface area contributed by atoms with Gasteiger partial charge in [0.05, 0.1) is 5.60 Å². The highest BCUT2D eigenvalue weighted by molar-refractivity contribution is 4.78. The molecule has 0 amide bonds. The van der Waals surface area contributed by atoms with Crippen LogP contribution in [-0.4, -0.2) is 54.6 Å². The van der Waals surface area contributed by atoms with Gasteiger partial charge in [-0.05, 0) is 39.2 Å². The molecule has 0 aromatic heterocycles. The van der Waals surface area contributed by atoms with Crippen molar-refractivity contribution in [1.82, 2.24) is 4.90 Å². The lowest BCUT2D eigenvalue weighted by atomic mass is 9.98. The molecular weight excluding hydrogens is 247 g/mol. The van der Waals surface area contributed by atoms with Crippen LogP contribution < -0.4 is 0 Å². The molecule has 1 aliphatic heterocycles. The number of likely N-dealkylation sites (tertiary alicyclic amines) is 1. The van der Waals surface area contributed by atoms with Crippen molar-refractivity contribution in [3.05, 3.63) is 0 Å². The molecule has 0 aliphatic carbocycles. The maximum Gasteiger partial charge on any atom is 0.411 e. The molecule has 1 unspecified atom stereocenters. The number of hydrogen-bond donors (Lipinski definition) is 1. The zero-order chi connectivity index (χ0) is 13.6. The van der Waals surface area contributed by atoms with E-state index in [9.17, 15) is 18.3 Å². The van der Waals surface area contributed by atoms with E-state index in [0.717, 1.165) is 38.9 Å². The molecule has 1 fully saturated rings. The summed E-state index contributed by atoms with van der Waals surface area (Å²) in [5, 5.41) is 9.90. The average molecular weight is 269 g/mol. The van der Waals surface area contributed by atoms with Gasteiger partial charge in [-0.25, -0.2) is 0 Å². The van der Waals surface area contributed by atoms with Gasteiger partial charge in [-0.3, -0.25) is 0 Å². The minimum absolute atomic E-state index is 0.131. The first-order valence-electron chi connectivity index (χ1n) is 6.38. The first-order valence-corrected chi connectivity index (χ1v) is 6.38. The number of rotatable bonds is 5. The van der Waals surface area contributed by atoms with Crippen molar-refractivity contribution in [1.29, 1.82) is 0 Å². The molecule has 0 aromatic rings. The molecule has 1 saturated heterocycles. The Bertz CT molecular complexity index is 244. The number of alkyl halides is 3. The second-order valence-corrected chi connectivity index (χ2v) is 5.21. The zero-order valence-electron chi connectivity index (χ0n) is 10.8. The summed E-state index contributed by atoms with van der Waals surface area (Å²) < 4.78 is 40.0. The van der Waals surface area contributed by atoms with Crippen molar-refractivity contribution >= 4 is 0 Å². The highest BCUT2D eigenvalue weighted by Gasteiger charge is 2.27. The molecule has 18 heavy (non-hydrogen) atoms. The monoisotopic (exact) mass is 269 g/mol. The van der Waals surface area contributed by atoms with Crippen LogP contribution in [0.5, 0.6) is 0 Å². The lowest BCUT2D eigenvalue weighted by Gasteiger charge is -2.22. The van der Waals surface area contributed by atoms with Crippen LogP contribution in [0.2, 0.25) is 0 Å². The fourth-order valence-electron chi connectivity index (χ4n) is 2.12. The van der Waals surface area contributed by atoms with Crippen LogP contribution >= 0.6 is 0 Å². The van der Waals surface area contributed by atoms with E-state index < -0.39 is 18.4 Å². The molecule has 3 nitrogen and oxygen atoms in total. The predicted octanol–water partition coefficient (Wildman–Crippen LogP) is 2.19. The summed E-state index contributed by atoms with van der Waals surface area (Å²) in [4.78, 5) is 2.18. The predicted molar refractivity (Wildman–Crippen MR) is 62.4 cm³/mol. The van der Waals surface area contributed by atoms with Gasteiger partial charge >= 0.3 is 6.18 Å². The Labute approximate surface area is 106 Å². The Kier molecular flexibility index (Phi) is 5.88. The van der Waals surface area contributed by atoms with Gasteiger partial charge in [0.1, 0.15) is 6.61 Å². The highest BCUT2D eigenvalue weighted by Crippen LogP contribution is 2.21. The van der Waals surface area contributed by atoms with Crippen LogP contribution in [0.25, 0.3) is 0 Å². The maximum atomic E-state index is 11.8. The van der Waals surface area contributed by atoms with Crippen molar-refractivity contribution in [2.45, 2.75) is 44.4 Å². The molecular formula is C12H22F3NO2. The molecule has 0 radical (unpaired) electrons. The molecule has 1 atom stereocenters. The third kappa shape index (κ3) is 7.18. The summed E-state index contributed by atoms with van der Waals surface area (Å²) in [6.45, 7) is 3.23. The number of aliphatic hydroxyl groups is 1. The topological polar surface area (TPSA) is 32.7 Å². The molecule has 1 aliphatic rings. The normalized spacial score (nSPS) is 27.2. The lowest BCUT2D eigenvalue weighted by molar-refractivity contribution is -0.174. The molecule has 1 rings (SSSR count). The Morgan fingerprint density at radius 1 is 1.28 bits per heavy atom. The van der Waals surface area contributed by atoms with E-state index in [0.29, 0.717) is 6.42 Å². The molecule has 0 spiro atoms. The van der Waals surface area contributed by atoms with Crippen LogP contribution in [0, 0.1) is 0 Å². The number of hydrogen-bond acceptors (Lipinski definition) is 3. The third-order valence-corrected chi connectivity index (χ3v) is 3.19. The van der Waals surface area contributed by atoms with Gasteiger partial charge < -0.3 is 14.7 Å². The fourth-order valence-corrected chi connectivity index (χ4v) is 2.12. The Hall–Kier alpha value is -0.330. The second kappa shape index (κ2) is 6.73. The number of halogens is 3. The standard InChI is InChI=1S/C12H22F3NO2/c1-11(17)4-2-6-16(8-5-11)7-3-9-18-10-12(13,14)15/h17H,2-10H2,1H3. The van der Waals surface area contributed by atoms with Gasteiger partial charge in [0, 0.05) is 19.7 Å². The van der Waals surface area contributed by atoms with E-state index in [1.807, 2.05) is 6.92 Å². The van der Waals surface area contributed by atoms with E-state index in [2.05, 4.69) is 9.64 Å². The molecule has 0 aromatic carbocycles. The van der Waals surface area contributed by atoms with Crippen molar-refractivity contribution in [3.8, 4) is 0 Å². The highest BCUT2D eigenvalue weighted by atomic mass is 19.4. The van der Waals surface area contributed by atoms with E-state index >= 15 is 0 Å². The Balaban J connectivity index is 2.09. The molecule has 1 heterocycles. The van der Waals surface area contributed by atoms with E-state index in [1.165, 1.54) is 0 Å². The second-order valence-electron chi connectivity index (χ2n) is 5.21. The fraction of sp³-hybridized carbons (Fsp3) is 1.00. The first kappa shape index (κ1) is 15.7. The average Bonchev–Trinajstić information content (AvgIpc) is 2.38. The van der Waals surface area contributed by atoms with Crippen LogP contribution in [0.15, 0.2) is 0 Å². The summed E-state index contributed by atoms with van der Waals surface area (Å²) in [6, 6.07) is 0. The minimum Gasteiger partial charge on any atom is -0.390 e. The van der Waals surface area contributed by atoms with Crippen LogP contribution in [-0.2, 0) is 4.74 Å². The third-order valence-electron chi connectivity index (χ3n) is 3.19. The Morgan fingerprint density at radius 3 is 2.67 bits per heavy atom.